The summed E-state index contributed by atoms with van der Waals surface area (Å²) in [5.41, 5.74) is 2.38. The van der Waals surface area contributed by atoms with Gasteiger partial charge in [-0.25, -0.2) is 0 Å². The predicted molar refractivity (Wildman–Crippen MR) is 128 cm³/mol. The second kappa shape index (κ2) is 6.06. The van der Waals surface area contributed by atoms with Crippen molar-refractivity contribution in [1.82, 2.24) is 5.32 Å². The molecule has 0 aromatic heterocycles. The number of carbonyl (C=O) groups excluding carboxylic acids is 1. The highest BCUT2D eigenvalue weighted by atomic mass is 16.5. The van der Waals surface area contributed by atoms with Crippen LogP contribution in [0.2, 0.25) is 0 Å². The fourth-order valence-electron chi connectivity index (χ4n) is 6.39. The predicted octanol–water partition coefficient (Wildman–Crippen LogP) is 5.50. The summed E-state index contributed by atoms with van der Waals surface area (Å²) >= 11 is 0. The van der Waals surface area contributed by atoms with Crippen LogP contribution in [0, 0.1) is 0 Å². The van der Waals surface area contributed by atoms with Gasteiger partial charge in [0.15, 0.2) is 5.72 Å². The van der Waals surface area contributed by atoms with Gasteiger partial charge in [0.2, 0.25) is 5.91 Å². The van der Waals surface area contributed by atoms with Crippen molar-refractivity contribution in [2.45, 2.75) is 69.7 Å². The van der Waals surface area contributed by atoms with E-state index in [1.807, 2.05) is 20.8 Å². The van der Waals surface area contributed by atoms with Gasteiger partial charge in [0, 0.05) is 29.1 Å². The third-order valence-corrected chi connectivity index (χ3v) is 7.71. The number of anilines is 1. The third-order valence-electron chi connectivity index (χ3n) is 7.71. The smallest absolute Gasteiger partial charge is 0.243 e. The number of benzene rings is 3. The highest BCUT2D eigenvalue weighted by Gasteiger charge is 2.70. The molecule has 164 valence electrons. The normalized spacial score (nSPS) is 26.8. The zero-order chi connectivity index (χ0) is 22.5. The standard InChI is InChI=1S/C28H30N2O2/c1-26(2,3)29-25(31)24-19-16-28(27(4,5)20-12-8-9-13-21(20)30(24)28)32-22-15-14-17-10-6-7-11-18(17)23(19)22/h6-15,19,24H,16H2,1-5H3,(H,29,31)/t19-,24-,28+/m1/s1. The molecule has 0 unspecified atom stereocenters. The maximum Gasteiger partial charge on any atom is 0.243 e. The van der Waals surface area contributed by atoms with E-state index in [4.69, 9.17) is 4.74 Å². The highest BCUT2D eigenvalue weighted by molar-refractivity contribution is 5.95. The van der Waals surface area contributed by atoms with E-state index < -0.39 is 5.72 Å². The molecule has 3 aromatic carbocycles. The van der Waals surface area contributed by atoms with Crippen LogP contribution in [-0.2, 0) is 10.2 Å². The molecule has 1 amide bonds. The lowest BCUT2D eigenvalue weighted by Crippen LogP contribution is -2.60. The molecule has 6 rings (SSSR count). The minimum atomic E-state index is -0.587. The van der Waals surface area contributed by atoms with Crippen LogP contribution in [0.4, 0.5) is 5.69 Å². The lowest BCUT2D eigenvalue weighted by molar-refractivity contribution is -0.124. The number of carbonyl (C=O) groups is 1. The van der Waals surface area contributed by atoms with Crippen LogP contribution in [0.5, 0.6) is 5.75 Å². The minimum Gasteiger partial charge on any atom is -0.467 e. The Labute approximate surface area is 189 Å². The fourth-order valence-corrected chi connectivity index (χ4v) is 6.39. The Bertz CT molecular complexity index is 1270. The second-order valence-electron chi connectivity index (χ2n) is 11.1. The molecule has 1 fully saturated rings. The number of nitrogens with zero attached hydrogens (tertiary/aromatic N) is 1. The molecule has 3 aliphatic rings. The Balaban J connectivity index is 1.62. The lowest BCUT2D eigenvalue weighted by Gasteiger charge is -2.45. The van der Waals surface area contributed by atoms with Crippen molar-refractivity contribution in [3.05, 3.63) is 71.8 Å². The van der Waals surface area contributed by atoms with Crippen LogP contribution in [0.15, 0.2) is 60.7 Å². The third kappa shape index (κ3) is 2.35. The Morgan fingerprint density at radius 2 is 1.75 bits per heavy atom. The summed E-state index contributed by atoms with van der Waals surface area (Å²) in [6, 6.07) is 20.9. The molecule has 1 N–H and O–H groups in total. The summed E-state index contributed by atoms with van der Waals surface area (Å²) in [5.74, 6) is 1.04. The maximum absolute atomic E-state index is 13.9. The molecule has 4 nitrogen and oxygen atoms in total. The van der Waals surface area contributed by atoms with Crippen molar-refractivity contribution >= 4 is 22.4 Å². The average Bonchev–Trinajstić information content (AvgIpc) is 3.11. The van der Waals surface area contributed by atoms with E-state index >= 15 is 0 Å². The van der Waals surface area contributed by atoms with Crippen LogP contribution >= 0.6 is 0 Å². The van der Waals surface area contributed by atoms with Crippen molar-refractivity contribution in [1.29, 1.82) is 0 Å². The molecule has 0 aliphatic carbocycles. The Morgan fingerprint density at radius 3 is 2.53 bits per heavy atom. The molecule has 1 saturated heterocycles. The molecule has 4 heteroatoms. The van der Waals surface area contributed by atoms with Crippen LogP contribution < -0.4 is 15.0 Å². The number of fused-ring (bicyclic) bond motifs is 7. The van der Waals surface area contributed by atoms with Gasteiger partial charge < -0.3 is 15.0 Å². The quantitative estimate of drug-likeness (QED) is 0.559. The van der Waals surface area contributed by atoms with E-state index in [1.165, 1.54) is 21.9 Å². The first-order valence-corrected chi connectivity index (χ1v) is 11.6. The SMILES string of the molecule is CC(C)(C)NC(=O)[C@H]1[C@@H]2C[C@@]3(Oc4ccc5ccccc5c42)N1c1ccccc1C3(C)C. The Morgan fingerprint density at radius 1 is 1.03 bits per heavy atom. The van der Waals surface area contributed by atoms with E-state index in [-0.39, 0.29) is 28.8 Å². The van der Waals surface area contributed by atoms with Crippen molar-refractivity contribution in [3.8, 4) is 5.75 Å². The van der Waals surface area contributed by atoms with Crippen molar-refractivity contribution in [2.75, 3.05) is 4.90 Å². The van der Waals surface area contributed by atoms with Crippen LogP contribution in [0.25, 0.3) is 10.8 Å². The van der Waals surface area contributed by atoms with Crippen molar-refractivity contribution in [2.24, 2.45) is 0 Å². The highest BCUT2D eigenvalue weighted by Crippen LogP contribution is 2.65. The van der Waals surface area contributed by atoms with Gasteiger partial charge in [0.05, 0.1) is 5.41 Å². The molecule has 3 aromatic rings. The molecule has 3 aliphatic heterocycles. The molecule has 0 radical (unpaired) electrons. The number of hydrogen-bond acceptors (Lipinski definition) is 3. The van der Waals surface area contributed by atoms with E-state index in [0.29, 0.717) is 0 Å². The van der Waals surface area contributed by atoms with Gasteiger partial charge in [-0.15, -0.1) is 0 Å². The molecule has 1 spiro atoms. The van der Waals surface area contributed by atoms with Gasteiger partial charge >= 0.3 is 0 Å². The largest absolute Gasteiger partial charge is 0.467 e. The van der Waals surface area contributed by atoms with Crippen molar-refractivity contribution < 1.29 is 9.53 Å². The topological polar surface area (TPSA) is 41.6 Å². The first-order chi connectivity index (χ1) is 15.1. The number of para-hydroxylation sites is 1. The Kier molecular flexibility index (Phi) is 3.72. The van der Waals surface area contributed by atoms with Gasteiger partial charge in [-0.2, -0.15) is 0 Å². The first kappa shape index (κ1) is 19.7. The molecule has 3 atom stereocenters. The molecular weight excluding hydrogens is 396 g/mol. The van der Waals surface area contributed by atoms with E-state index in [0.717, 1.165) is 17.9 Å². The van der Waals surface area contributed by atoms with Gasteiger partial charge in [0.25, 0.3) is 0 Å². The summed E-state index contributed by atoms with van der Waals surface area (Å²) in [5, 5.41) is 5.66. The van der Waals surface area contributed by atoms with E-state index in [1.54, 1.807) is 0 Å². The van der Waals surface area contributed by atoms with Crippen LogP contribution in [-0.4, -0.2) is 23.2 Å². The number of amides is 1. The number of hydrogen-bond donors (Lipinski definition) is 1. The van der Waals surface area contributed by atoms with Gasteiger partial charge in [-0.3, -0.25) is 4.79 Å². The van der Waals surface area contributed by atoms with Gasteiger partial charge in [-0.1, -0.05) is 48.5 Å². The molecule has 2 bridgehead atoms. The number of rotatable bonds is 1. The minimum absolute atomic E-state index is 0.0554. The molecule has 32 heavy (non-hydrogen) atoms. The monoisotopic (exact) mass is 426 g/mol. The maximum atomic E-state index is 13.9. The summed E-state index contributed by atoms with van der Waals surface area (Å²) in [6.45, 7) is 10.7. The second-order valence-corrected chi connectivity index (χ2v) is 11.1. The Hall–Kier alpha value is -3.01. The molecular formula is C28H30N2O2. The first-order valence-electron chi connectivity index (χ1n) is 11.6. The number of nitrogens with one attached hydrogen (secondary N) is 1. The molecule has 0 saturated carbocycles. The zero-order valence-electron chi connectivity index (χ0n) is 19.4. The van der Waals surface area contributed by atoms with Gasteiger partial charge in [-0.05, 0) is 63.1 Å². The molecule has 3 heterocycles. The summed E-state index contributed by atoms with van der Waals surface area (Å²) in [7, 11) is 0. The summed E-state index contributed by atoms with van der Waals surface area (Å²) in [4.78, 5) is 16.2. The average molecular weight is 427 g/mol. The van der Waals surface area contributed by atoms with Crippen LogP contribution in [0.1, 0.15) is 58.1 Å². The van der Waals surface area contributed by atoms with Crippen LogP contribution in [0.3, 0.4) is 0 Å². The lowest BCUT2D eigenvalue weighted by atomic mass is 9.72. The fraction of sp³-hybridized carbons (Fsp3) is 0.393. The van der Waals surface area contributed by atoms with Crippen molar-refractivity contribution in [3.63, 3.8) is 0 Å². The summed E-state index contributed by atoms with van der Waals surface area (Å²) in [6.07, 6.45) is 0.790. The number of ether oxygens (including phenoxy) is 1. The summed E-state index contributed by atoms with van der Waals surface area (Å²) < 4.78 is 7.00. The van der Waals surface area contributed by atoms with E-state index in [9.17, 15) is 4.79 Å². The van der Waals surface area contributed by atoms with Gasteiger partial charge in [0.1, 0.15) is 11.8 Å². The van der Waals surface area contributed by atoms with E-state index in [2.05, 4.69) is 84.7 Å². The zero-order valence-corrected chi connectivity index (χ0v) is 19.4.